The summed E-state index contributed by atoms with van der Waals surface area (Å²) in [5, 5.41) is 0. The Kier molecular flexibility index (Phi) is 3.94. The molecule has 1 heterocycles. The Morgan fingerprint density at radius 1 is 1.32 bits per heavy atom. The van der Waals surface area contributed by atoms with Gasteiger partial charge in [-0.2, -0.15) is 0 Å². The van der Waals surface area contributed by atoms with Crippen LogP contribution in [0.2, 0.25) is 0 Å². The Morgan fingerprint density at radius 2 is 2.16 bits per heavy atom. The molecule has 2 saturated carbocycles. The van der Waals surface area contributed by atoms with E-state index in [1.807, 2.05) is 6.07 Å². The van der Waals surface area contributed by atoms with Gasteiger partial charge in [0.15, 0.2) is 0 Å². The third-order valence-electron chi connectivity index (χ3n) is 4.77. The lowest BCUT2D eigenvalue weighted by atomic mass is 9.79. The van der Waals surface area contributed by atoms with Gasteiger partial charge in [-0.05, 0) is 56.1 Å². The number of hydrogen-bond acceptors (Lipinski definition) is 3. The van der Waals surface area contributed by atoms with Crippen molar-refractivity contribution in [3.05, 3.63) is 24.2 Å². The Labute approximate surface area is 116 Å². The van der Waals surface area contributed by atoms with Gasteiger partial charge in [-0.15, -0.1) is 0 Å². The second-order valence-corrected chi connectivity index (χ2v) is 6.58. The molecule has 1 aromatic heterocycles. The maximum Gasteiger partial charge on any atom is 0.117 e. The average Bonchev–Trinajstić information content (AvgIpc) is 3.12. The molecule has 3 rings (SSSR count). The second-order valence-electron chi connectivity index (χ2n) is 6.58. The number of rotatable bonds is 5. The van der Waals surface area contributed by atoms with Crippen molar-refractivity contribution in [2.75, 3.05) is 6.54 Å². The van der Waals surface area contributed by atoms with Gasteiger partial charge in [0, 0.05) is 18.6 Å². The van der Waals surface area contributed by atoms with Gasteiger partial charge >= 0.3 is 0 Å². The summed E-state index contributed by atoms with van der Waals surface area (Å²) < 4.78 is 5.51. The third-order valence-corrected chi connectivity index (χ3v) is 4.77. The first-order chi connectivity index (χ1) is 9.22. The van der Waals surface area contributed by atoms with Crippen LogP contribution in [-0.4, -0.2) is 23.5 Å². The van der Waals surface area contributed by atoms with E-state index in [1.54, 1.807) is 6.26 Å². The minimum atomic E-state index is 0.397. The highest BCUT2D eigenvalue weighted by Gasteiger charge is 2.34. The van der Waals surface area contributed by atoms with Gasteiger partial charge in [-0.1, -0.05) is 6.92 Å². The monoisotopic (exact) mass is 262 g/mol. The predicted molar refractivity (Wildman–Crippen MR) is 76.6 cm³/mol. The summed E-state index contributed by atoms with van der Waals surface area (Å²) in [5.74, 6) is 2.60. The lowest BCUT2D eigenvalue weighted by molar-refractivity contribution is 0.143. The smallest absolute Gasteiger partial charge is 0.117 e. The first-order valence-corrected chi connectivity index (χ1v) is 7.74. The Bertz CT molecular complexity index is 385. The molecule has 2 aliphatic carbocycles. The molecule has 3 atom stereocenters. The van der Waals surface area contributed by atoms with E-state index in [9.17, 15) is 0 Å². The van der Waals surface area contributed by atoms with Gasteiger partial charge in [0.05, 0.1) is 12.8 Å². The van der Waals surface area contributed by atoms with Crippen LogP contribution < -0.4 is 5.73 Å². The maximum absolute atomic E-state index is 6.33. The van der Waals surface area contributed by atoms with Crippen molar-refractivity contribution in [1.29, 1.82) is 0 Å². The Hall–Kier alpha value is -0.800. The van der Waals surface area contributed by atoms with E-state index in [0.29, 0.717) is 12.0 Å². The van der Waals surface area contributed by atoms with E-state index in [0.717, 1.165) is 30.8 Å². The van der Waals surface area contributed by atoms with E-state index < -0.39 is 0 Å². The minimum Gasteiger partial charge on any atom is -0.468 e. The summed E-state index contributed by atoms with van der Waals surface area (Å²) in [5.41, 5.74) is 6.33. The summed E-state index contributed by atoms with van der Waals surface area (Å²) in [6, 6.07) is 5.23. The number of nitrogens with zero attached hydrogens (tertiary/aromatic N) is 1. The standard InChI is InChI=1S/C16H26N2O/c1-12-4-7-16(17)13(9-12)10-18(14-5-6-14)11-15-3-2-8-19-15/h2-3,8,12-14,16H,4-7,9-11,17H2,1H3. The molecule has 1 aromatic rings. The van der Waals surface area contributed by atoms with Crippen LogP contribution in [0.15, 0.2) is 22.8 Å². The Morgan fingerprint density at radius 3 is 2.84 bits per heavy atom. The molecule has 0 aliphatic heterocycles. The molecule has 0 amide bonds. The first kappa shape index (κ1) is 13.2. The van der Waals surface area contributed by atoms with Crippen molar-refractivity contribution in [2.45, 2.75) is 57.7 Å². The van der Waals surface area contributed by atoms with Gasteiger partial charge in [0.1, 0.15) is 5.76 Å². The van der Waals surface area contributed by atoms with Crippen molar-refractivity contribution >= 4 is 0 Å². The fourth-order valence-electron chi connectivity index (χ4n) is 3.42. The predicted octanol–water partition coefficient (Wildman–Crippen LogP) is 3.01. The van der Waals surface area contributed by atoms with Crippen LogP contribution in [0.25, 0.3) is 0 Å². The van der Waals surface area contributed by atoms with Crippen LogP contribution in [0, 0.1) is 11.8 Å². The van der Waals surface area contributed by atoms with Crippen molar-refractivity contribution in [1.82, 2.24) is 4.90 Å². The van der Waals surface area contributed by atoms with Gasteiger partial charge in [-0.3, -0.25) is 4.90 Å². The average molecular weight is 262 g/mol. The van der Waals surface area contributed by atoms with Gasteiger partial charge in [0.25, 0.3) is 0 Å². The van der Waals surface area contributed by atoms with Gasteiger partial charge in [0.2, 0.25) is 0 Å². The number of nitrogens with two attached hydrogens (primary N) is 1. The van der Waals surface area contributed by atoms with Gasteiger partial charge in [-0.25, -0.2) is 0 Å². The largest absolute Gasteiger partial charge is 0.468 e. The quantitative estimate of drug-likeness (QED) is 0.887. The molecule has 0 saturated heterocycles. The van der Waals surface area contributed by atoms with E-state index in [4.69, 9.17) is 10.2 Å². The zero-order valence-corrected chi connectivity index (χ0v) is 11.9. The highest BCUT2D eigenvalue weighted by Crippen LogP contribution is 2.33. The van der Waals surface area contributed by atoms with Crippen molar-refractivity contribution < 1.29 is 4.42 Å². The van der Waals surface area contributed by atoms with E-state index in [-0.39, 0.29) is 0 Å². The summed E-state index contributed by atoms with van der Waals surface area (Å²) in [7, 11) is 0. The van der Waals surface area contributed by atoms with Crippen molar-refractivity contribution in [2.24, 2.45) is 17.6 Å². The van der Waals surface area contributed by atoms with Crippen molar-refractivity contribution in [3.63, 3.8) is 0 Å². The molecule has 0 bridgehead atoms. The molecule has 2 N–H and O–H groups in total. The summed E-state index contributed by atoms with van der Waals surface area (Å²) in [6.45, 7) is 4.47. The van der Waals surface area contributed by atoms with Crippen LogP contribution in [0.1, 0.15) is 44.8 Å². The molecule has 3 unspecified atom stereocenters. The summed E-state index contributed by atoms with van der Waals surface area (Å²) in [4.78, 5) is 2.60. The highest BCUT2D eigenvalue weighted by atomic mass is 16.3. The molecule has 106 valence electrons. The normalized spacial score (nSPS) is 31.8. The molecule has 0 aromatic carbocycles. The SMILES string of the molecule is CC1CCC(N)C(CN(Cc2ccco2)C2CC2)C1. The Balaban J connectivity index is 1.60. The fraction of sp³-hybridized carbons (Fsp3) is 0.750. The molecule has 0 radical (unpaired) electrons. The molecule has 3 nitrogen and oxygen atoms in total. The molecule has 2 aliphatic rings. The van der Waals surface area contributed by atoms with Crippen LogP contribution in [0.3, 0.4) is 0 Å². The maximum atomic E-state index is 6.33. The van der Waals surface area contributed by atoms with Crippen LogP contribution in [0.5, 0.6) is 0 Å². The minimum absolute atomic E-state index is 0.397. The molecule has 3 heteroatoms. The molecular formula is C16H26N2O. The van der Waals surface area contributed by atoms with E-state index in [1.165, 1.54) is 32.1 Å². The lowest BCUT2D eigenvalue weighted by Gasteiger charge is -2.36. The molecule has 0 spiro atoms. The van der Waals surface area contributed by atoms with Crippen LogP contribution >= 0.6 is 0 Å². The lowest BCUT2D eigenvalue weighted by Crippen LogP contribution is -2.43. The van der Waals surface area contributed by atoms with E-state index in [2.05, 4.69) is 17.9 Å². The van der Waals surface area contributed by atoms with Crippen molar-refractivity contribution in [3.8, 4) is 0 Å². The molecular weight excluding hydrogens is 236 g/mol. The summed E-state index contributed by atoms with van der Waals surface area (Å²) in [6.07, 6.45) is 8.26. The van der Waals surface area contributed by atoms with Crippen LogP contribution in [0.4, 0.5) is 0 Å². The fourth-order valence-corrected chi connectivity index (χ4v) is 3.42. The highest BCUT2D eigenvalue weighted by molar-refractivity contribution is 5.00. The molecule has 2 fully saturated rings. The zero-order chi connectivity index (χ0) is 13.2. The number of hydrogen-bond donors (Lipinski definition) is 1. The zero-order valence-electron chi connectivity index (χ0n) is 11.9. The topological polar surface area (TPSA) is 42.4 Å². The molecule has 19 heavy (non-hydrogen) atoms. The van der Waals surface area contributed by atoms with E-state index >= 15 is 0 Å². The van der Waals surface area contributed by atoms with Gasteiger partial charge < -0.3 is 10.2 Å². The number of furan rings is 1. The second kappa shape index (κ2) is 5.68. The third kappa shape index (κ3) is 3.40. The van der Waals surface area contributed by atoms with Crippen LogP contribution in [-0.2, 0) is 6.54 Å². The summed E-state index contributed by atoms with van der Waals surface area (Å²) >= 11 is 0. The first-order valence-electron chi connectivity index (χ1n) is 7.74.